The van der Waals surface area contributed by atoms with Crippen LogP contribution in [0.5, 0.6) is 0 Å². The van der Waals surface area contributed by atoms with Crippen molar-refractivity contribution in [2.45, 2.75) is 43.5 Å². The standard InChI is InChI=1S/C14H22N2O2S/c1-12-4-2-3-11-16(12)19(17,18)14-7-5-13(6-8-14)9-10-15/h5-8,12H,2-4,9-11,15H2,1H3/p+1/t12-/m0/s1. The smallest absolute Gasteiger partial charge is 0.243 e. The second-order valence-corrected chi connectivity index (χ2v) is 7.10. The van der Waals surface area contributed by atoms with Gasteiger partial charge in [0.1, 0.15) is 0 Å². The van der Waals surface area contributed by atoms with Crippen molar-refractivity contribution < 1.29 is 14.2 Å². The summed E-state index contributed by atoms with van der Waals surface area (Å²) >= 11 is 0. The van der Waals surface area contributed by atoms with Gasteiger partial charge in [0.2, 0.25) is 10.0 Å². The predicted molar refractivity (Wildman–Crippen MR) is 75.1 cm³/mol. The summed E-state index contributed by atoms with van der Waals surface area (Å²) in [6.07, 6.45) is 3.93. The molecule has 0 saturated carbocycles. The predicted octanol–water partition coefficient (Wildman–Crippen LogP) is 1.03. The summed E-state index contributed by atoms with van der Waals surface area (Å²) in [5.74, 6) is 0. The van der Waals surface area contributed by atoms with E-state index in [1.165, 1.54) is 0 Å². The first kappa shape index (κ1) is 14.5. The van der Waals surface area contributed by atoms with Crippen LogP contribution in [0.25, 0.3) is 0 Å². The monoisotopic (exact) mass is 283 g/mol. The molecule has 1 aliphatic heterocycles. The highest BCUT2D eigenvalue weighted by atomic mass is 32.2. The fourth-order valence-electron chi connectivity index (χ4n) is 2.60. The molecule has 5 heteroatoms. The number of sulfonamides is 1. The second kappa shape index (κ2) is 6.03. The molecule has 2 rings (SSSR count). The van der Waals surface area contributed by atoms with Crippen LogP contribution in [0.2, 0.25) is 0 Å². The van der Waals surface area contributed by atoms with E-state index < -0.39 is 10.0 Å². The fourth-order valence-corrected chi connectivity index (χ4v) is 4.30. The number of rotatable bonds is 4. The van der Waals surface area contributed by atoms with Crippen molar-refractivity contribution in [1.82, 2.24) is 4.31 Å². The highest BCUT2D eigenvalue weighted by molar-refractivity contribution is 7.89. The fraction of sp³-hybridized carbons (Fsp3) is 0.571. The van der Waals surface area contributed by atoms with E-state index in [-0.39, 0.29) is 6.04 Å². The van der Waals surface area contributed by atoms with E-state index in [9.17, 15) is 8.42 Å². The number of hydrogen-bond acceptors (Lipinski definition) is 2. The maximum absolute atomic E-state index is 12.6. The molecule has 19 heavy (non-hydrogen) atoms. The Morgan fingerprint density at radius 2 is 1.95 bits per heavy atom. The zero-order chi connectivity index (χ0) is 13.9. The van der Waals surface area contributed by atoms with Crippen molar-refractivity contribution in [2.24, 2.45) is 0 Å². The third-order valence-corrected chi connectivity index (χ3v) is 5.77. The van der Waals surface area contributed by atoms with Crippen LogP contribution in [0.4, 0.5) is 0 Å². The summed E-state index contributed by atoms with van der Waals surface area (Å²) in [4.78, 5) is 0.411. The minimum atomic E-state index is -3.33. The van der Waals surface area contributed by atoms with Gasteiger partial charge in [-0.05, 0) is 37.5 Å². The Labute approximate surface area is 115 Å². The SMILES string of the molecule is C[C@H]1CCCCN1S(=O)(=O)c1ccc(CC[NH3+])cc1. The third kappa shape index (κ3) is 3.16. The maximum atomic E-state index is 12.6. The molecule has 0 amide bonds. The first-order chi connectivity index (χ1) is 9.05. The van der Waals surface area contributed by atoms with Crippen LogP contribution in [0.3, 0.4) is 0 Å². The van der Waals surface area contributed by atoms with Crippen LogP contribution in [0.15, 0.2) is 29.2 Å². The van der Waals surface area contributed by atoms with Crippen LogP contribution in [-0.4, -0.2) is 31.9 Å². The Morgan fingerprint density at radius 3 is 2.53 bits per heavy atom. The summed E-state index contributed by atoms with van der Waals surface area (Å²) in [6, 6.07) is 7.35. The molecule has 106 valence electrons. The number of piperidine rings is 1. The highest BCUT2D eigenvalue weighted by Crippen LogP contribution is 2.25. The van der Waals surface area contributed by atoms with Crippen LogP contribution >= 0.6 is 0 Å². The van der Waals surface area contributed by atoms with Gasteiger partial charge in [-0.15, -0.1) is 0 Å². The van der Waals surface area contributed by atoms with E-state index in [2.05, 4.69) is 5.73 Å². The molecule has 4 nitrogen and oxygen atoms in total. The van der Waals surface area contributed by atoms with E-state index in [0.717, 1.165) is 37.8 Å². The molecule has 1 heterocycles. The van der Waals surface area contributed by atoms with E-state index in [0.29, 0.717) is 11.4 Å². The van der Waals surface area contributed by atoms with Gasteiger partial charge in [-0.1, -0.05) is 18.6 Å². The Balaban J connectivity index is 2.23. The third-order valence-electron chi connectivity index (χ3n) is 3.74. The van der Waals surface area contributed by atoms with Gasteiger partial charge in [-0.25, -0.2) is 8.42 Å². The molecule has 1 aromatic carbocycles. The summed E-state index contributed by atoms with van der Waals surface area (Å²) in [7, 11) is -3.33. The molecular formula is C14H23N2O2S+. The van der Waals surface area contributed by atoms with Crippen molar-refractivity contribution in [3.63, 3.8) is 0 Å². The summed E-state index contributed by atoms with van der Waals surface area (Å²) in [6.45, 7) is 3.47. The van der Waals surface area contributed by atoms with Crippen LogP contribution in [0.1, 0.15) is 31.7 Å². The number of nitrogens with zero attached hydrogens (tertiary/aromatic N) is 1. The number of benzene rings is 1. The Morgan fingerprint density at radius 1 is 1.26 bits per heavy atom. The molecule has 0 spiro atoms. The number of hydrogen-bond donors (Lipinski definition) is 1. The van der Waals surface area contributed by atoms with Gasteiger partial charge >= 0.3 is 0 Å². The first-order valence-corrected chi connectivity index (χ1v) is 8.40. The van der Waals surface area contributed by atoms with Gasteiger partial charge in [0, 0.05) is 19.0 Å². The van der Waals surface area contributed by atoms with E-state index >= 15 is 0 Å². The zero-order valence-electron chi connectivity index (χ0n) is 11.5. The Hall–Kier alpha value is -0.910. The lowest BCUT2D eigenvalue weighted by Crippen LogP contribution is -2.51. The van der Waals surface area contributed by atoms with Crippen molar-refractivity contribution >= 4 is 10.0 Å². The average molecular weight is 283 g/mol. The summed E-state index contributed by atoms with van der Waals surface area (Å²) in [5.41, 5.74) is 4.95. The van der Waals surface area contributed by atoms with Gasteiger partial charge in [0.25, 0.3) is 0 Å². The van der Waals surface area contributed by atoms with Crippen LogP contribution < -0.4 is 5.73 Å². The van der Waals surface area contributed by atoms with E-state index in [1.807, 2.05) is 19.1 Å². The van der Waals surface area contributed by atoms with Gasteiger partial charge in [-0.2, -0.15) is 4.31 Å². The highest BCUT2D eigenvalue weighted by Gasteiger charge is 2.30. The molecule has 1 saturated heterocycles. The molecule has 1 atom stereocenters. The number of quaternary nitrogens is 1. The minimum Gasteiger partial charge on any atom is -0.357 e. The molecule has 1 aliphatic rings. The molecule has 0 unspecified atom stereocenters. The van der Waals surface area contributed by atoms with Crippen molar-refractivity contribution in [2.75, 3.05) is 13.1 Å². The normalized spacial score (nSPS) is 21.5. The van der Waals surface area contributed by atoms with Gasteiger partial charge in [0.05, 0.1) is 11.4 Å². The van der Waals surface area contributed by atoms with Crippen LogP contribution in [-0.2, 0) is 16.4 Å². The van der Waals surface area contributed by atoms with E-state index in [1.54, 1.807) is 16.4 Å². The lowest BCUT2D eigenvalue weighted by Gasteiger charge is -2.32. The Kier molecular flexibility index (Phi) is 4.60. The van der Waals surface area contributed by atoms with Gasteiger partial charge < -0.3 is 5.73 Å². The van der Waals surface area contributed by atoms with Crippen molar-refractivity contribution in [3.8, 4) is 0 Å². The Bertz CT molecular complexity index is 511. The summed E-state index contributed by atoms with van der Waals surface area (Å²) < 4.78 is 26.8. The first-order valence-electron chi connectivity index (χ1n) is 6.95. The zero-order valence-corrected chi connectivity index (χ0v) is 12.3. The molecule has 0 aliphatic carbocycles. The average Bonchev–Trinajstić information content (AvgIpc) is 2.40. The van der Waals surface area contributed by atoms with E-state index in [4.69, 9.17) is 0 Å². The largest absolute Gasteiger partial charge is 0.357 e. The topological polar surface area (TPSA) is 65.0 Å². The summed E-state index contributed by atoms with van der Waals surface area (Å²) in [5, 5.41) is 0. The molecule has 1 fully saturated rings. The molecule has 3 N–H and O–H groups in total. The lowest BCUT2D eigenvalue weighted by atomic mass is 10.1. The molecule has 0 bridgehead atoms. The van der Waals surface area contributed by atoms with Crippen molar-refractivity contribution in [1.29, 1.82) is 0 Å². The minimum absolute atomic E-state index is 0.110. The molecule has 0 aromatic heterocycles. The van der Waals surface area contributed by atoms with Gasteiger partial charge in [0.15, 0.2) is 0 Å². The lowest BCUT2D eigenvalue weighted by molar-refractivity contribution is -0.366. The quantitative estimate of drug-likeness (QED) is 0.897. The molecule has 1 aromatic rings. The maximum Gasteiger partial charge on any atom is 0.243 e. The molecule has 0 radical (unpaired) electrons. The second-order valence-electron chi connectivity index (χ2n) is 5.21. The van der Waals surface area contributed by atoms with Gasteiger partial charge in [-0.3, -0.25) is 0 Å². The van der Waals surface area contributed by atoms with Crippen LogP contribution in [0, 0.1) is 0 Å². The van der Waals surface area contributed by atoms with Crippen molar-refractivity contribution in [3.05, 3.63) is 29.8 Å². The molecular weight excluding hydrogens is 260 g/mol.